The second-order valence-corrected chi connectivity index (χ2v) is 6.07. The van der Waals surface area contributed by atoms with Crippen LogP contribution < -0.4 is 0 Å². The first-order valence-corrected chi connectivity index (χ1v) is 8.10. The van der Waals surface area contributed by atoms with Crippen LogP contribution in [0.4, 0.5) is 0 Å². The van der Waals surface area contributed by atoms with Crippen molar-refractivity contribution in [2.24, 2.45) is 0 Å². The zero-order valence-corrected chi connectivity index (χ0v) is 14.3. The predicted molar refractivity (Wildman–Crippen MR) is 78.6 cm³/mol. The molecule has 0 heterocycles. The van der Waals surface area contributed by atoms with E-state index in [1.165, 1.54) is 0 Å². The van der Waals surface area contributed by atoms with Gasteiger partial charge in [0.2, 0.25) is 0 Å². The van der Waals surface area contributed by atoms with Crippen LogP contribution in [0.15, 0.2) is 0 Å². The van der Waals surface area contributed by atoms with Crippen molar-refractivity contribution in [2.75, 3.05) is 5.33 Å². The first-order chi connectivity index (χ1) is 7.86. The Morgan fingerprint density at radius 2 is 1.71 bits per heavy atom. The Morgan fingerprint density at radius 1 is 1.18 bits per heavy atom. The zero-order valence-electron chi connectivity index (χ0n) is 9.54. The van der Waals surface area contributed by atoms with Gasteiger partial charge in [-0.3, -0.25) is 9.59 Å². The van der Waals surface area contributed by atoms with E-state index < -0.39 is 16.8 Å². The molecule has 0 saturated carbocycles. The summed E-state index contributed by atoms with van der Waals surface area (Å²) in [6, 6.07) is 0. The molecule has 2 unspecified atom stereocenters. The predicted octanol–water partition coefficient (Wildman–Crippen LogP) is 3.64. The summed E-state index contributed by atoms with van der Waals surface area (Å²) in [6.45, 7) is 2.06. The second-order valence-electron chi connectivity index (χ2n) is 3.26. The maximum absolute atomic E-state index is 10.2. The van der Waals surface area contributed by atoms with E-state index in [1.807, 2.05) is 0 Å². The fourth-order valence-corrected chi connectivity index (χ4v) is 2.05. The molecule has 17 heavy (non-hydrogen) atoms. The number of carboxylic acids is 2. The molecule has 0 aromatic rings. The smallest absolute Gasteiger partial charge is 0.318 e. The van der Waals surface area contributed by atoms with Crippen LogP contribution in [0.2, 0.25) is 0 Å². The highest BCUT2D eigenvalue weighted by molar-refractivity contribution is 9.13. The third-order valence-electron chi connectivity index (χ3n) is 1.70. The van der Waals surface area contributed by atoms with Gasteiger partial charge in [-0.25, -0.2) is 0 Å². The van der Waals surface area contributed by atoms with Crippen LogP contribution in [0.25, 0.3) is 0 Å². The summed E-state index contributed by atoms with van der Waals surface area (Å²) in [5.41, 5.74) is 0. The van der Waals surface area contributed by atoms with Crippen molar-refractivity contribution < 1.29 is 19.8 Å². The Morgan fingerprint density at radius 3 is 1.94 bits per heavy atom. The normalized spacial score (nSPS) is 13.2. The van der Waals surface area contributed by atoms with E-state index in [2.05, 4.69) is 54.7 Å². The average Bonchev–Trinajstić information content (AvgIpc) is 2.27. The maximum atomic E-state index is 10.2. The molecule has 7 heteroatoms. The summed E-state index contributed by atoms with van der Waals surface area (Å²) in [4.78, 5) is 19.5. The number of aliphatic carboxylic acids is 2. The van der Waals surface area contributed by atoms with Gasteiger partial charge in [0.15, 0.2) is 0 Å². The molecule has 0 saturated heterocycles. The van der Waals surface area contributed by atoms with Crippen molar-refractivity contribution in [1.29, 1.82) is 0 Å². The van der Waals surface area contributed by atoms with E-state index in [-0.39, 0.29) is 4.83 Å². The molecular formula is C10H17Br3O4. The fourth-order valence-electron chi connectivity index (χ4n) is 0.759. The molecule has 2 atom stereocenters. The number of rotatable bonds is 7. The molecule has 0 amide bonds. The lowest BCUT2D eigenvalue weighted by atomic mass is 10.2. The van der Waals surface area contributed by atoms with E-state index in [0.717, 1.165) is 19.3 Å². The minimum atomic E-state index is -0.851. The number of hydrogen-bond acceptors (Lipinski definition) is 2. The Kier molecular flexibility index (Phi) is 14.9. The summed E-state index contributed by atoms with van der Waals surface area (Å²) in [6.07, 6.45) is 3.28. The molecule has 0 rings (SSSR count). The topological polar surface area (TPSA) is 74.6 Å². The Balaban J connectivity index is 0. The maximum Gasteiger partial charge on any atom is 0.318 e. The fraction of sp³-hybridized carbons (Fsp3) is 0.800. The summed E-state index contributed by atoms with van der Waals surface area (Å²) in [7, 11) is 0. The molecule has 102 valence electrons. The number of hydrogen-bond donors (Lipinski definition) is 2. The van der Waals surface area contributed by atoms with Gasteiger partial charge in [-0.1, -0.05) is 67.6 Å². The van der Waals surface area contributed by atoms with E-state index in [4.69, 9.17) is 10.2 Å². The summed E-state index contributed by atoms with van der Waals surface area (Å²) >= 11 is 9.30. The van der Waals surface area contributed by atoms with Gasteiger partial charge in [-0.15, -0.1) is 0 Å². The van der Waals surface area contributed by atoms with Crippen molar-refractivity contribution in [3.05, 3.63) is 0 Å². The van der Waals surface area contributed by atoms with Crippen LogP contribution in [-0.4, -0.2) is 37.1 Å². The summed E-state index contributed by atoms with van der Waals surface area (Å²) in [5.74, 6) is -1.53. The van der Waals surface area contributed by atoms with Crippen molar-refractivity contribution in [3.63, 3.8) is 0 Å². The SMILES string of the molecule is CCCCCC(=O)O.O=C(O)C(Br)C(Br)CBr. The first-order valence-electron chi connectivity index (χ1n) is 5.15. The molecule has 0 bridgehead atoms. The lowest BCUT2D eigenvalue weighted by Crippen LogP contribution is -2.24. The van der Waals surface area contributed by atoms with E-state index in [0.29, 0.717) is 11.8 Å². The molecule has 0 spiro atoms. The third-order valence-corrected chi connectivity index (χ3v) is 5.85. The lowest BCUT2D eigenvalue weighted by molar-refractivity contribution is -0.137. The van der Waals surface area contributed by atoms with E-state index >= 15 is 0 Å². The number of unbranched alkanes of at least 4 members (excludes halogenated alkanes) is 2. The van der Waals surface area contributed by atoms with Gasteiger partial charge < -0.3 is 10.2 Å². The average molecular weight is 441 g/mol. The zero-order chi connectivity index (χ0) is 13.8. The molecule has 0 radical (unpaired) electrons. The highest BCUT2D eigenvalue weighted by Crippen LogP contribution is 2.16. The molecule has 0 fully saturated rings. The minimum Gasteiger partial charge on any atom is -0.481 e. The number of carboxylic acid groups (broad SMARTS) is 2. The van der Waals surface area contributed by atoms with Gasteiger partial charge in [-0.05, 0) is 6.42 Å². The lowest BCUT2D eigenvalue weighted by Gasteiger charge is -2.07. The number of alkyl halides is 3. The highest BCUT2D eigenvalue weighted by Gasteiger charge is 2.21. The molecule has 0 aromatic carbocycles. The Labute approximate surface area is 127 Å². The molecule has 2 N–H and O–H groups in total. The van der Waals surface area contributed by atoms with Gasteiger partial charge in [0.25, 0.3) is 0 Å². The molecular weight excluding hydrogens is 424 g/mol. The van der Waals surface area contributed by atoms with Crippen molar-refractivity contribution in [1.82, 2.24) is 0 Å². The molecule has 0 aliphatic carbocycles. The Bertz CT molecular complexity index is 224. The van der Waals surface area contributed by atoms with Gasteiger partial charge >= 0.3 is 11.9 Å². The molecule has 0 aromatic heterocycles. The summed E-state index contributed by atoms with van der Waals surface area (Å²) < 4.78 is 0. The van der Waals surface area contributed by atoms with Crippen LogP contribution in [0.3, 0.4) is 0 Å². The Hall–Kier alpha value is 0.380. The minimum absolute atomic E-state index is 0.0602. The largest absolute Gasteiger partial charge is 0.481 e. The molecule has 4 nitrogen and oxygen atoms in total. The van der Waals surface area contributed by atoms with Crippen LogP contribution >= 0.6 is 47.8 Å². The van der Waals surface area contributed by atoms with Crippen molar-refractivity contribution in [2.45, 2.75) is 42.3 Å². The first kappa shape index (κ1) is 19.7. The van der Waals surface area contributed by atoms with E-state index in [9.17, 15) is 9.59 Å². The second kappa shape index (κ2) is 12.8. The van der Waals surface area contributed by atoms with Crippen LogP contribution in [0, 0.1) is 0 Å². The van der Waals surface area contributed by atoms with Crippen molar-refractivity contribution in [3.8, 4) is 0 Å². The molecule has 0 aliphatic rings. The van der Waals surface area contributed by atoms with Crippen molar-refractivity contribution >= 4 is 59.7 Å². The van der Waals surface area contributed by atoms with Gasteiger partial charge in [-0.2, -0.15) is 0 Å². The number of halogens is 3. The number of carbonyl (C=O) groups is 2. The monoisotopic (exact) mass is 438 g/mol. The van der Waals surface area contributed by atoms with Gasteiger partial charge in [0, 0.05) is 16.6 Å². The summed E-state index contributed by atoms with van der Waals surface area (Å²) in [5, 5.41) is 17.1. The molecule has 0 aliphatic heterocycles. The van der Waals surface area contributed by atoms with Gasteiger partial charge in [0.05, 0.1) is 0 Å². The van der Waals surface area contributed by atoms with Crippen LogP contribution in [0.5, 0.6) is 0 Å². The van der Waals surface area contributed by atoms with Crippen LogP contribution in [-0.2, 0) is 9.59 Å². The quantitative estimate of drug-likeness (QED) is 0.468. The van der Waals surface area contributed by atoms with Crippen LogP contribution in [0.1, 0.15) is 32.6 Å². The van der Waals surface area contributed by atoms with Gasteiger partial charge in [0.1, 0.15) is 4.83 Å². The highest BCUT2D eigenvalue weighted by atomic mass is 79.9. The third kappa shape index (κ3) is 14.3. The standard InChI is InChI=1S/C6H12O2.C4H5Br3O2/c1-2-3-4-5-6(7)8;5-1-2(6)3(7)4(8)9/h2-5H2,1H3,(H,7,8);2-3H,1H2,(H,8,9). The van der Waals surface area contributed by atoms with E-state index in [1.54, 1.807) is 0 Å².